The Kier molecular flexibility index (Phi) is 8.74. The smallest absolute Gasteiger partial charge is 0.261 e. The first-order chi connectivity index (χ1) is 24.3. The van der Waals surface area contributed by atoms with Crippen LogP contribution in [0.2, 0.25) is 0 Å². The number of carbonyl (C=O) groups excluding carboxylic acids is 3. The van der Waals surface area contributed by atoms with Crippen molar-refractivity contribution in [3.8, 4) is 0 Å². The summed E-state index contributed by atoms with van der Waals surface area (Å²) in [6, 6.07) is 22.9. The number of aryl methyl sites for hydroxylation is 1. The molecule has 2 aromatic heterocycles. The Labute approximate surface area is 296 Å². The first-order valence-corrected chi connectivity index (χ1v) is 18.4. The number of benzene rings is 2. The van der Waals surface area contributed by atoms with Crippen LogP contribution in [0.25, 0.3) is 11.6 Å². The number of rotatable bonds is 7. The van der Waals surface area contributed by atoms with Gasteiger partial charge in [-0.05, 0) is 117 Å². The van der Waals surface area contributed by atoms with Crippen molar-refractivity contribution >= 4 is 57.9 Å². The highest BCUT2D eigenvalue weighted by Crippen LogP contribution is 2.42. The monoisotopic (exact) mass is 687 g/mol. The molecule has 3 amide bonds. The second-order valence-corrected chi connectivity index (χ2v) is 15.1. The maximum atomic E-state index is 14.0. The second kappa shape index (κ2) is 13.5. The van der Waals surface area contributed by atoms with Crippen molar-refractivity contribution in [3.05, 3.63) is 105 Å². The zero-order valence-electron chi connectivity index (χ0n) is 28.2. The van der Waals surface area contributed by atoms with Crippen molar-refractivity contribution in [1.29, 1.82) is 0 Å². The molecule has 2 saturated heterocycles. The molecule has 2 aromatic carbocycles. The molecule has 2 N–H and O–H groups in total. The van der Waals surface area contributed by atoms with Crippen molar-refractivity contribution in [2.75, 3.05) is 48.0 Å². The number of para-hydroxylation sites is 1. The molecule has 4 aliphatic rings. The molecule has 4 aromatic rings. The van der Waals surface area contributed by atoms with Gasteiger partial charge in [0.25, 0.3) is 17.7 Å². The maximum Gasteiger partial charge on any atom is 0.261 e. The molecule has 1 spiro atoms. The number of amides is 3. The summed E-state index contributed by atoms with van der Waals surface area (Å²) in [5, 5.41) is 6.16. The van der Waals surface area contributed by atoms with E-state index >= 15 is 0 Å². The molecule has 0 radical (unpaired) electrons. The predicted molar refractivity (Wildman–Crippen MR) is 198 cm³/mol. The summed E-state index contributed by atoms with van der Waals surface area (Å²) in [5.74, 6) is 0.376. The Morgan fingerprint density at radius 2 is 1.70 bits per heavy atom. The van der Waals surface area contributed by atoms with Gasteiger partial charge in [0.2, 0.25) is 0 Å². The third-order valence-electron chi connectivity index (χ3n) is 10.5. The average molecular weight is 688 g/mol. The average Bonchev–Trinajstić information content (AvgIpc) is 3.51. The van der Waals surface area contributed by atoms with Crippen molar-refractivity contribution in [1.82, 2.24) is 10.3 Å². The Bertz CT molecular complexity index is 1970. The first kappa shape index (κ1) is 32.4. The molecule has 0 atom stereocenters. The Hall–Kier alpha value is -4.80. The molecule has 3 aliphatic heterocycles. The Balaban J connectivity index is 0.947. The summed E-state index contributed by atoms with van der Waals surface area (Å²) in [4.78, 5) is 50.9. The predicted octanol–water partition coefficient (Wildman–Crippen LogP) is 7.19. The third-order valence-corrected chi connectivity index (χ3v) is 11.7. The topological polar surface area (TPSA) is 104 Å². The third kappa shape index (κ3) is 6.45. The van der Waals surface area contributed by atoms with Crippen LogP contribution in [-0.2, 0) is 4.74 Å². The minimum atomic E-state index is -0.225. The van der Waals surface area contributed by atoms with Crippen LogP contribution < -0.4 is 20.4 Å². The molecule has 256 valence electrons. The number of fused-ring (bicyclic) bond motifs is 1. The molecular formula is C40H41N5O4S. The molecule has 0 unspecified atom stereocenters. The number of nitrogens with zero attached hydrogens (tertiary/aromatic N) is 3. The van der Waals surface area contributed by atoms with Crippen molar-refractivity contribution < 1.29 is 19.1 Å². The largest absolute Gasteiger partial charge is 0.381 e. The van der Waals surface area contributed by atoms with Gasteiger partial charge in [-0.25, -0.2) is 4.98 Å². The van der Waals surface area contributed by atoms with Gasteiger partial charge in [-0.15, -0.1) is 11.3 Å². The van der Waals surface area contributed by atoms with Gasteiger partial charge in [-0.3, -0.25) is 14.4 Å². The molecule has 1 saturated carbocycles. The summed E-state index contributed by atoms with van der Waals surface area (Å²) < 4.78 is 5.57. The van der Waals surface area contributed by atoms with Gasteiger partial charge in [0.1, 0.15) is 5.82 Å². The fourth-order valence-corrected chi connectivity index (χ4v) is 8.31. The summed E-state index contributed by atoms with van der Waals surface area (Å²) in [7, 11) is 0. The van der Waals surface area contributed by atoms with E-state index in [4.69, 9.17) is 9.72 Å². The molecule has 0 bridgehead atoms. The van der Waals surface area contributed by atoms with E-state index < -0.39 is 0 Å². The van der Waals surface area contributed by atoms with Gasteiger partial charge in [-0.2, -0.15) is 0 Å². The fourth-order valence-electron chi connectivity index (χ4n) is 7.36. The lowest BCUT2D eigenvalue weighted by Gasteiger charge is -2.53. The number of thiophene rings is 1. The lowest BCUT2D eigenvalue weighted by molar-refractivity contribution is -0.000519. The zero-order valence-corrected chi connectivity index (χ0v) is 29.1. The fraction of sp³-hybridized carbons (Fsp3) is 0.350. The highest BCUT2D eigenvalue weighted by Gasteiger charge is 2.45. The van der Waals surface area contributed by atoms with Gasteiger partial charge in [-0.1, -0.05) is 18.2 Å². The Morgan fingerprint density at radius 3 is 2.46 bits per heavy atom. The van der Waals surface area contributed by atoms with E-state index in [9.17, 15) is 14.4 Å². The van der Waals surface area contributed by atoms with Crippen molar-refractivity contribution in [2.45, 2.75) is 51.5 Å². The first-order valence-electron chi connectivity index (χ1n) is 17.6. The van der Waals surface area contributed by atoms with E-state index in [1.165, 1.54) is 17.8 Å². The number of ether oxygens (including phenoxy) is 1. The zero-order chi connectivity index (χ0) is 34.2. The van der Waals surface area contributed by atoms with E-state index in [1.807, 2.05) is 60.4 Å². The minimum absolute atomic E-state index is 0.00683. The highest BCUT2D eigenvalue weighted by atomic mass is 32.1. The van der Waals surface area contributed by atoms with Crippen LogP contribution >= 0.6 is 11.3 Å². The maximum absolute atomic E-state index is 14.0. The number of hydrogen-bond donors (Lipinski definition) is 2. The molecule has 50 heavy (non-hydrogen) atoms. The summed E-state index contributed by atoms with van der Waals surface area (Å²) in [5.41, 5.74) is 5.71. The van der Waals surface area contributed by atoms with Crippen molar-refractivity contribution in [2.24, 2.45) is 5.41 Å². The van der Waals surface area contributed by atoms with Gasteiger partial charge < -0.3 is 25.2 Å². The summed E-state index contributed by atoms with van der Waals surface area (Å²) in [6.45, 7) is 5.79. The lowest BCUT2D eigenvalue weighted by Crippen LogP contribution is -2.59. The van der Waals surface area contributed by atoms with Gasteiger partial charge in [0, 0.05) is 66.1 Å². The van der Waals surface area contributed by atoms with Crippen LogP contribution in [0.5, 0.6) is 0 Å². The summed E-state index contributed by atoms with van der Waals surface area (Å²) >= 11 is 1.50. The quantitative estimate of drug-likeness (QED) is 0.213. The molecule has 10 heteroatoms. The number of pyridine rings is 1. The lowest BCUT2D eigenvalue weighted by atomic mass is 9.73. The van der Waals surface area contributed by atoms with Gasteiger partial charge >= 0.3 is 0 Å². The van der Waals surface area contributed by atoms with Crippen LogP contribution in [0, 0.1) is 12.3 Å². The van der Waals surface area contributed by atoms with Crippen molar-refractivity contribution in [3.63, 3.8) is 0 Å². The van der Waals surface area contributed by atoms with E-state index in [-0.39, 0.29) is 23.1 Å². The number of hydrogen-bond acceptors (Lipinski definition) is 7. The van der Waals surface area contributed by atoms with Crippen LogP contribution in [-0.4, -0.2) is 61.6 Å². The van der Waals surface area contributed by atoms with Crippen LogP contribution in [0.4, 0.5) is 17.2 Å². The molecule has 8 rings (SSSR count). The standard InChI is InChI=1S/C40H41N5O4S/c1-26-9-14-32(36(41-26)44-24-40(25-44)18-21-49-22-19-40)37(46)42-31-12-10-27(11-13-31)39(48)45-20-17-29(23-28-5-2-3-8-33(28)45)34-15-16-35(50-34)38(47)43-30-6-4-7-30/h2-3,5,8-16,23,30H,4,6-7,17-22,24-25H2,1H3,(H,42,46)(H,43,47). The van der Waals surface area contributed by atoms with Gasteiger partial charge in [0.05, 0.1) is 16.1 Å². The normalized spacial score (nSPS) is 18.3. The number of aromatic nitrogens is 1. The number of carbonyl (C=O) groups is 3. The molecule has 9 nitrogen and oxygen atoms in total. The van der Waals surface area contributed by atoms with Crippen LogP contribution in [0.15, 0.2) is 72.8 Å². The molecule has 1 aliphatic carbocycles. The molecule has 5 heterocycles. The van der Waals surface area contributed by atoms with E-state index in [2.05, 4.69) is 21.6 Å². The minimum Gasteiger partial charge on any atom is -0.381 e. The van der Waals surface area contributed by atoms with Crippen LogP contribution in [0.3, 0.4) is 0 Å². The van der Waals surface area contributed by atoms with E-state index in [0.717, 1.165) is 85.2 Å². The Morgan fingerprint density at radius 1 is 0.920 bits per heavy atom. The molecular weight excluding hydrogens is 647 g/mol. The molecule has 3 fully saturated rings. The number of anilines is 3. The SMILES string of the molecule is Cc1ccc(C(=O)Nc2ccc(C(=O)N3CCC(c4ccc(C(=O)NC5CCC5)s4)=Cc4ccccc43)cc2)c(N2CC3(CCOCC3)C2)n1. The second-order valence-electron chi connectivity index (χ2n) is 14.0. The number of nitrogens with one attached hydrogen (secondary N) is 2. The summed E-state index contributed by atoms with van der Waals surface area (Å²) in [6.07, 6.45) is 8.14. The highest BCUT2D eigenvalue weighted by molar-refractivity contribution is 7.15. The van der Waals surface area contributed by atoms with Gasteiger partial charge in [0.15, 0.2) is 0 Å². The van der Waals surface area contributed by atoms with E-state index in [1.54, 1.807) is 24.3 Å². The van der Waals surface area contributed by atoms with Crippen LogP contribution in [0.1, 0.15) is 85.0 Å². The van der Waals surface area contributed by atoms with E-state index in [0.29, 0.717) is 40.7 Å².